The molecule has 0 aliphatic rings. The molecule has 18 heavy (non-hydrogen) atoms. The Bertz CT molecular complexity index is 582. The van der Waals surface area contributed by atoms with Gasteiger partial charge in [-0.3, -0.25) is 4.98 Å². The van der Waals surface area contributed by atoms with Gasteiger partial charge in [0.25, 0.3) is 0 Å². The fraction of sp³-hybridized carbons (Fsp3) is 0.214. The van der Waals surface area contributed by atoms with Gasteiger partial charge in [0, 0.05) is 11.4 Å². The molecule has 0 aliphatic heterocycles. The van der Waals surface area contributed by atoms with Crippen molar-refractivity contribution < 1.29 is 0 Å². The highest BCUT2D eigenvalue weighted by Crippen LogP contribution is 2.32. The molecule has 0 aliphatic carbocycles. The van der Waals surface area contributed by atoms with E-state index >= 15 is 0 Å². The van der Waals surface area contributed by atoms with Gasteiger partial charge in [-0.2, -0.15) is 0 Å². The summed E-state index contributed by atoms with van der Waals surface area (Å²) in [5.41, 5.74) is 9.92. The second-order valence-electron chi connectivity index (χ2n) is 4.25. The normalized spacial score (nSPS) is 12.5. The van der Waals surface area contributed by atoms with Gasteiger partial charge in [0.1, 0.15) is 0 Å². The summed E-state index contributed by atoms with van der Waals surface area (Å²) >= 11 is 12.2. The molecule has 0 spiro atoms. The molecule has 1 atom stereocenters. The summed E-state index contributed by atoms with van der Waals surface area (Å²) in [6.07, 6.45) is 0. The molecule has 4 heteroatoms. The van der Waals surface area contributed by atoms with Crippen LogP contribution in [0.3, 0.4) is 0 Å². The minimum atomic E-state index is -0.315. The monoisotopic (exact) mass is 280 g/mol. The van der Waals surface area contributed by atoms with E-state index in [9.17, 15) is 0 Å². The number of benzene rings is 1. The van der Waals surface area contributed by atoms with E-state index in [4.69, 9.17) is 28.9 Å². The van der Waals surface area contributed by atoms with Crippen LogP contribution in [0, 0.1) is 13.8 Å². The highest BCUT2D eigenvalue weighted by atomic mass is 35.5. The molecule has 2 nitrogen and oxygen atoms in total. The van der Waals surface area contributed by atoms with Gasteiger partial charge in [-0.15, -0.1) is 0 Å². The smallest absolute Gasteiger partial charge is 0.0643 e. The van der Waals surface area contributed by atoms with E-state index in [0.29, 0.717) is 10.0 Å². The second kappa shape index (κ2) is 5.27. The fourth-order valence-corrected chi connectivity index (χ4v) is 2.38. The first-order valence-electron chi connectivity index (χ1n) is 5.64. The zero-order chi connectivity index (χ0) is 13.3. The number of rotatable bonds is 2. The Balaban J connectivity index is 2.48. The van der Waals surface area contributed by atoms with Gasteiger partial charge in [-0.25, -0.2) is 0 Å². The lowest BCUT2D eigenvalue weighted by atomic mass is 9.98. The number of nitrogens with two attached hydrogens (primary N) is 1. The lowest BCUT2D eigenvalue weighted by Gasteiger charge is -2.17. The maximum Gasteiger partial charge on any atom is 0.0643 e. The molecule has 0 saturated carbocycles. The maximum absolute atomic E-state index is 6.25. The predicted molar refractivity (Wildman–Crippen MR) is 76.2 cm³/mol. The topological polar surface area (TPSA) is 38.9 Å². The zero-order valence-corrected chi connectivity index (χ0v) is 11.8. The third-order valence-corrected chi connectivity index (χ3v) is 3.75. The Hall–Kier alpha value is -1.09. The summed E-state index contributed by atoms with van der Waals surface area (Å²) in [7, 11) is 0. The van der Waals surface area contributed by atoms with E-state index in [1.54, 1.807) is 6.07 Å². The number of halogens is 2. The van der Waals surface area contributed by atoms with Crippen molar-refractivity contribution in [3.8, 4) is 0 Å². The molecule has 2 rings (SSSR count). The summed E-state index contributed by atoms with van der Waals surface area (Å²) in [6, 6.07) is 9.10. The Labute approximate surface area is 117 Å². The first-order chi connectivity index (χ1) is 8.50. The fourth-order valence-electron chi connectivity index (χ4n) is 1.95. The van der Waals surface area contributed by atoms with Crippen molar-refractivity contribution in [2.24, 2.45) is 5.73 Å². The molecule has 0 radical (unpaired) electrons. The predicted octanol–water partition coefficient (Wildman–Crippen LogP) is 4.05. The molecule has 0 saturated heterocycles. The van der Waals surface area contributed by atoms with Gasteiger partial charge < -0.3 is 5.73 Å². The molecule has 1 aromatic heterocycles. The van der Waals surface area contributed by atoms with Crippen LogP contribution in [0.25, 0.3) is 0 Å². The SMILES string of the molecule is Cc1ccc(C(N)c2cccc(Cl)c2Cl)c(C)n1. The summed E-state index contributed by atoms with van der Waals surface area (Å²) < 4.78 is 0. The van der Waals surface area contributed by atoms with E-state index in [0.717, 1.165) is 22.5 Å². The van der Waals surface area contributed by atoms with Crippen molar-refractivity contribution >= 4 is 23.2 Å². The van der Waals surface area contributed by atoms with Crippen molar-refractivity contribution in [3.63, 3.8) is 0 Å². The lowest BCUT2D eigenvalue weighted by molar-refractivity contribution is 0.844. The van der Waals surface area contributed by atoms with Gasteiger partial charge in [0.2, 0.25) is 0 Å². The van der Waals surface area contributed by atoms with Crippen LogP contribution in [0.15, 0.2) is 30.3 Å². The van der Waals surface area contributed by atoms with Crippen LogP contribution in [0.4, 0.5) is 0 Å². The van der Waals surface area contributed by atoms with E-state index in [2.05, 4.69) is 4.98 Å². The highest BCUT2D eigenvalue weighted by Gasteiger charge is 2.16. The zero-order valence-electron chi connectivity index (χ0n) is 10.2. The third kappa shape index (κ3) is 2.51. The quantitative estimate of drug-likeness (QED) is 0.901. The average molecular weight is 281 g/mol. The first kappa shape index (κ1) is 13.3. The molecule has 1 aromatic carbocycles. The number of aryl methyl sites for hydroxylation is 2. The number of aromatic nitrogens is 1. The number of hydrogen-bond acceptors (Lipinski definition) is 2. The third-order valence-electron chi connectivity index (χ3n) is 2.92. The van der Waals surface area contributed by atoms with E-state index < -0.39 is 0 Å². The van der Waals surface area contributed by atoms with Crippen LogP contribution in [0.2, 0.25) is 10.0 Å². The molecule has 0 fully saturated rings. The van der Waals surface area contributed by atoms with Crippen LogP contribution in [0.1, 0.15) is 28.6 Å². The van der Waals surface area contributed by atoms with Crippen LogP contribution < -0.4 is 5.73 Å². The maximum atomic E-state index is 6.25. The van der Waals surface area contributed by atoms with E-state index in [1.165, 1.54) is 0 Å². The number of hydrogen-bond donors (Lipinski definition) is 1. The molecular formula is C14H14Cl2N2. The average Bonchev–Trinajstić information content (AvgIpc) is 2.32. The first-order valence-corrected chi connectivity index (χ1v) is 6.40. The van der Waals surface area contributed by atoms with Gasteiger partial charge in [0.15, 0.2) is 0 Å². The van der Waals surface area contributed by atoms with E-state index in [1.807, 2.05) is 38.1 Å². The number of pyridine rings is 1. The summed E-state index contributed by atoms with van der Waals surface area (Å²) in [4.78, 5) is 4.42. The number of nitrogens with zero attached hydrogens (tertiary/aromatic N) is 1. The van der Waals surface area contributed by atoms with Crippen LogP contribution in [-0.4, -0.2) is 4.98 Å². The Kier molecular flexibility index (Phi) is 3.91. The largest absolute Gasteiger partial charge is 0.320 e. The minimum Gasteiger partial charge on any atom is -0.320 e. The van der Waals surface area contributed by atoms with Gasteiger partial charge in [0.05, 0.1) is 16.1 Å². The minimum absolute atomic E-state index is 0.315. The molecule has 0 amide bonds. The summed E-state index contributed by atoms with van der Waals surface area (Å²) in [6.45, 7) is 3.90. The van der Waals surface area contributed by atoms with Gasteiger partial charge in [-0.1, -0.05) is 41.4 Å². The van der Waals surface area contributed by atoms with Crippen LogP contribution in [0.5, 0.6) is 0 Å². The molecule has 0 bridgehead atoms. The van der Waals surface area contributed by atoms with Crippen molar-refractivity contribution in [2.75, 3.05) is 0 Å². The molecule has 2 N–H and O–H groups in total. The standard InChI is InChI=1S/C14H14Cl2N2/c1-8-6-7-10(9(2)18-8)14(17)11-4-3-5-12(15)13(11)16/h3-7,14H,17H2,1-2H3. The molecule has 94 valence electrons. The lowest BCUT2D eigenvalue weighted by Crippen LogP contribution is -2.14. The van der Waals surface area contributed by atoms with Crippen molar-refractivity contribution in [3.05, 3.63) is 62.9 Å². The van der Waals surface area contributed by atoms with E-state index in [-0.39, 0.29) is 6.04 Å². The highest BCUT2D eigenvalue weighted by molar-refractivity contribution is 6.42. The molecule has 1 heterocycles. The van der Waals surface area contributed by atoms with Crippen LogP contribution >= 0.6 is 23.2 Å². The van der Waals surface area contributed by atoms with Crippen molar-refractivity contribution in [1.82, 2.24) is 4.98 Å². The Morgan fingerprint density at radius 1 is 1.06 bits per heavy atom. The van der Waals surface area contributed by atoms with Crippen molar-refractivity contribution in [2.45, 2.75) is 19.9 Å². The second-order valence-corrected chi connectivity index (χ2v) is 5.03. The molecule has 2 aromatic rings. The molecular weight excluding hydrogens is 267 g/mol. The Morgan fingerprint density at radius 3 is 2.44 bits per heavy atom. The van der Waals surface area contributed by atoms with Gasteiger partial charge in [-0.05, 0) is 37.1 Å². The van der Waals surface area contributed by atoms with Crippen molar-refractivity contribution in [1.29, 1.82) is 0 Å². The summed E-state index contributed by atoms with van der Waals surface area (Å²) in [5, 5.41) is 1.02. The van der Waals surface area contributed by atoms with Gasteiger partial charge >= 0.3 is 0 Å². The Morgan fingerprint density at radius 2 is 1.78 bits per heavy atom. The summed E-state index contributed by atoms with van der Waals surface area (Å²) in [5.74, 6) is 0. The molecule has 1 unspecified atom stereocenters. The van der Waals surface area contributed by atoms with Crippen LogP contribution in [-0.2, 0) is 0 Å².